The molecule has 1 N–H and O–H groups in total. The Balaban J connectivity index is 1.69. The van der Waals surface area contributed by atoms with Crippen molar-refractivity contribution in [2.45, 2.75) is 40.3 Å². The van der Waals surface area contributed by atoms with E-state index in [2.05, 4.69) is 24.8 Å². The molecule has 5 heteroatoms. The number of hydrogen-bond donors (Lipinski definition) is 1. The summed E-state index contributed by atoms with van der Waals surface area (Å²) in [6, 6.07) is 26.8. The molecule has 0 radical (unpaired) electrons. The molecule has 1 aliphatic rings. The Bertz CT molecular complexity index is 1580. The molecule has 0 spiro atoms. The molecular weight excluding hydrogens is 484 g/mol. The molecule has 5 nitrogen and oxygen atoms in total. The second kappa shape index (κ2) is 10.8. The van der Waals surface area contributed by atoms with Crippen molar-refractivity contribution in [2.75, 3.05) is 18.0 Å². The predicted molar refractivity (Wildman–Crippen MR) is 158 cm³/mol. The van der Waals surface area contributed by atoms with Gasteiger partial charge in [-0.3, -0.25) is 9.59 Å². The Morgan fingerprint density at radius 3 is 2.28 bits per heavy atom. The fraction of sp³-hybridized carbons (Fsp3) is 0.235. The molecule has 0 saturated carbocycles. The maximum Gasteiger partial charge on any atom is 0.295 e. The molecule has 198 valence electrons. The number of carbonyl (C=O) groups is 2. The summed E-state index contributed by atoms with van der Waals surface area (Å²) in [6.45, 7) is 10.3. The van der Waals surface area contributed by atoms with Crippen LogP contribution < -0.4 is 4.90 Å². The molecular formula is C34H34N2O3. The van der Waals surface area contributed by atoms with Crippen LogP contribution in [0, 0.1) is 13.8 Å². The number of aryl methyl sites for hydroxylation is 2. The van der Waals surface area contributed by atoms with Crippen LogP contribution in [0.3, 0.4) is 0 Å². The standard InChI is InChI=1S/C34H34N2O3/c1-5-35(6-2)27-18-16-25(17-19-27)31-30(32(37)29-13-9-11-24-10-7-8-12-28(24)29)33(38)34(39)36(31)21-26-20-22(3)14-15-23(26)4/h7-20,31,37H,5-6,21H2,1-4H3/b32-30-. The van der Waals surface area contributed by atoms with Crippen LogP contribution in [0.25, 0.3) is 16.5 Å². The Hall–Kier alpha value is -4.38. The molecule has 0 aliphatic carbocycles. The highest BCUT2D eigenvalue weighted by Gasteiger charge is 2.46. The van der Waals surface area contributed by atoms with Crippen LogP contribution in [0.5, 0.6) is 0 Å². The zero-order valence-electron chi connectivity index (χ0n) is 22.9. The van der Waals surface area contributed by atoms with Crippen molar-refractivity contribution in [2.24, 2.45) is 0 Å². The maximum absolute atomic E-state index is 13.6. The number of ketones is 1. The number of aliphatic hydroxyl groups is 1. The number of fused-ring (bicyclic) bond motifs is 1. The summed E-state index contributed by atoms with van der Waals surface area (Å²) in [6.07, 6.45) is 0. The number of benzene rings is 4. The highest BCUT2D eigenvalue weighted by Crippen LogP contribution is 2.42. The highest BCUT2D eigenvalue weighted by molar-refractivity contribution is 6.46. The van der Waals surface area contributed by atoms with Crippen LogP contribution in [-0.2, 0) is 16.1 Å². The van der Waals surface area contributed by atoms with Crippen molar-refractivity contribution in [1.82, 2.24) is 4.90 Å². The van der Waals surface area contributed by atoms with E-state index in [0.29, 0.717) is 5.56 Å². The van der Waals surface area contributed by atoms with Gasteiger partial charge in [-0.2, -0.15) is 0 Å². The van der Waals surface area contributed by atoms with E-state index in [-0.39, 0.29) is 17.9 Å². The molecule has 39 heavy (non-hydrogen) atoms. The minimum atomic E-state index is -0.713. The molecule has 1 amide bonds. The highest BCUT2D eigenvalue weighted by atomic mass is 16.3. The topological polar surface area (TPSA) is 60.9 Å². The first kappa shape index (κ1) is 26.2. The summed E-state index contributed by atoms with van der Waals surface area (Å²) in [5.74, 6) is -1.41. The first-order valence-corrected chi connectivity index (χ1v) is 13.5. The molecule has 1 saturated heterocycles. The van der Waals surface area contributed by atoms with Gasteiger partial charge < -0.3 is 14.9 Å². The van der Waals surface area contributed by atoms with Gasteiger partial charge in [0.1, 0.15) is 5.76 Å². The molecule has 4 aromatic carbocycles. The number of rotatable bonds is 7. The Kier molecular flexibility index (Phi) is 7.25. The van der Waals surface area contributed by atoms with Crippen molar-refractivity contribution in [3.63, 3.8) is 0 Å². The number of carbonyl (C=O) groups excluding carboxylic acids is 2. The summed E-state index contributed by atoms with van der Waals surface area (Å²) in [4.78, 5) is 31.1. The molecule has 5 rings (SSSR count). The van der Waals surface area contributed by atoms with Crippen molar-refractivity contribution >= 4 is 33.9 Å². The lowest BCUT2D eigenvalue weighted by Crippen LogP contribution is -2.29. The van der Waals surface area contributed by atoms with Gasteiger partial charge in [-0.1, -0.05) is 78.4 Å². The van der Waals surface area contributed by atoms with E-state index >= 15 is 0 Å². The van der Waals surface area contributed by atoms with Crippen LogP contribution in [0.1, 0.15) is 47.7 Å². The lowest BCUT2D eigenvalue weighted by atomic mass is 9.93. The fourth-order valence-corrected chi connectivity index (χ4v) is 5.58. The van der Waals surface area contributed by atoms with Gasteiger partial charge in [0.15, 0.2) is 0 Å². The quantitative estimate of drug-likeness (QED) is 0.164. The number of amides is 1. The van der Waals surface area contributed by atoms with Gasteiger partial charge in [-0.15, -0.1) is 0 Å². The number of nitrogens with zero attached hydrogens (tertiary/aromatic N) is 2. The van der Waals surface area contributed by atoms with E-state index in [1.807, 2.05) is 86.6 Å². The van der Waals surface area contributed by atoms with Crippen LogP contribution in [0.2, 0.25) is 0 Å². The van der Waals surface area contributed by atoms with Crippen molar-refractivity contribution in [3.05, 3.63) is 118 Å². The van der Waals surface area contributed by atoms with Crippen LogP contribution in [0.15, 0.2) is 90.5 Å². The summed E-state index contributed by atoms with van der Waals surface area (Å²) in [5, 5.41) is 13.5. The molecule has 0 bridgehead atoms. The number of Topliss-reactive ketones (excluding diaryl/α,β-unsaturated/α-hetero) is 1. The summed E-state index contributed by atoms with van der Waals surface area (Å²) in [5.41, 5.74) is 5.64. The number of hydrogen-bond acceptors (Lipinski definition) is 4. The first-order chi connectivity index (χ1) is 18.8. The van der Waals surface area contributed by atoms with Crippen molar-refractivity contribution in [3.8, 4) is 0 Å². The van der Waals surface area contributed by atoms with Gasteiger partial charge in [0.05, 0.1) is 11.6 Å². The van der Waals surface area contributed by atoms with Gasteiger partial charge in [-0.25, -0.2) is 0 Å². The second-order valence-corrected chi connectivity index (χ2v) is 10.1. The largest absolute Gasteiger partial charge is 0.507 e. The van der Waals surface area contributed by atoms with Crippen LogP contribution >= 0.6 is 0 Å². The zero-order chi connectivity index (χ0) is 27.7. The average Bonchev–Trinajstić information content (AvgIpc) is 3.20. The molecule has 4 aromatic rings. The van der Waals surface area contributed by atoms with Crippen LogP contribution in [0.4, 0.5) is 5.69 Å². The normalized spacial score (nSPS) is 16.7. The number of likely N-dealkylation sites (tertiary alicyclic amines) is 1. The first-order valence-electron chi connectivity index (χ1n) is 13.5. The summed E-state index contributed by atoms with van der Waals surface area (Å²) in [7, 11) is 0. The van der Waals surface area contributed by atoms with E-state index in [1.165, 1.54) is 0 Å². The third-order valence-corrected chi connectivity index (χ3v) is 7.77. The molecule has 1 atom stereocenters. The van der Waals surface area contributed by atoms with Gasteiger partial charge in [-0.05, 0) is 67.3 Å². The Morgan fingerprint density at radius 1 is 0.872 bits per heavy atom. The maximum atomic E-state index is 13.6. The molecule has 1 unspecified atom stereocenters. The van der Waals surface area contributed by atoms with E-state index in [0.717, 1.165) is 51.8 Å². The van der Waals surface area contributed by atoms with E-state index in [1.54, 1.807) is 11.0 Å². The van der Waals surface area contributed by atoms with Gasteiger partial charge >= 0.3 is 0 Å². The van der Waals surface area contributed by atoms with Crippen molar-refractivity contribution < 1.29 is 14.7 Å². The number of anilines is 1. The second-order valence-electron chi connectivity index (χ2n) is 10.1. The summed E-state index contributed by atoms with van der Waals surface area (Å²) < 4.78 is 0. The van der Waals surface area contributed by atoms with Gasteiger partial charge in [0, 0.05) is 30.9 Å². The van der Waals surface area contributed by atoms with Gasteiger partial charge in [0.2, 0.25) is 0 Å². The molecule has 1 aliphatic heterocycles. The van der Waals surface area contributed by atoms with Gasteiger partial charge in [0.25, 0.3) is 11.7 Å². The third kappa shape index (κ3) is 4.81. The van der Waals surface area contributed by atoms with Crippen molar-refractivity contribution in [1.29, 1.82) is 0 Å². The monoisotopic (exact) mass is 518 g/mol. The van der Waals surface area contributed by atoms with E-state index < -0.39 is 17.7 Å². The molecule has 1 heterocycles. The van der Waals surface area contributed by atoms with E-state index in [4.69, 9.17) is 0 Å². The Morgan fingerprint density at radius 2 is 1.56 bits per heavy atom. The molecule has 1 fully saturated rings. The minimum Gasteiger partial charge on any atom is -0.507 e. The number of aliphatic hydroxyl groups excluding tert-OH is 1. The Labute approximate surface area is 230 Å². The molecule has 0 aromatic heterocycles. The lowest BCUT2D eigenvalue weighted by Gasteiger charge is -2.27. The van der Waals surface area contributed by atoms with E-state index in [9.17, 15) is 14.7 Å². The SMILES string of the molecule is CCN(CC)c1ccc(C2/C(=C(/O)c3cccc4ccccc34)C(=O)C(=O)N2Cc2cc(C)ccc2C)cc1. The smallest absolute Gasteiger partial charge is 0.295 e. The minimum absolute atomic E-state index is 0.122. The third-order valence-electron chi connectivity index (χ3n) is 7.77. The predicted octanol–water partition coefficient (Wildman–Crippen LogP) is 6.92. The lowest BCUT2D eigenvalue weighted by molar-refractivity contribution is -0.140. The zero-order valence-corrected chi connectivity index (χ0v) is 22.9. The summed E-state index contributed by atoms with van der Waals surface area (Å²) >= 11 is 0. The average molecular weight is 519 g/mol. The van der Waals surface area contributed by atoms with Crippen LogP contribution in [-0.4, -0.2) is 34.8 Å². The fourth-order valence-electron chi connectivity index (χ4n) is 5.58.